The van der Waals surface area contributed by atoms with E-state index in [9.17, 15) is 4.79 Å². The van der Waals surface area contributed by atoms with Crippen molar-refractivity contribution in [3.63, 3.8) is 0 Å². The number of methoxy groups -OCH3 is 1. The molecule has 154 valence electrons. The lowest BCUT2D eigenvalue weighted by molar-refractivity contribution is -0.113. The molecule has 3 heterocycles. The van der Waals surface area contributed by atoms with Gasteiger partial charge in [0.15, 0.2) is 10.8 Å². The summed E-state index contributed by atoms with van der Waals surface area (Å²) in [6.07, 6.45) is 5.02. The Bertz CT molecular complexity index is 1170. The molecule has 3 aromatic heterocycles. The largest absolute Gasteiger partial charge is 0.497 e. The van der Waals surface area contributed by atoms with Gasteiger partial charge in [0.2, 0.25) is 5.91 Å². The van der Waals surface area contributed by atoms with Crippen molar-refractivity contribution in [3.8, 4) is 11.4 Å². The van der Waals surface area contributed by atoms with Crippen LogP contribution in [0.4, 0.5) is 5.69 Å². The number of carbonyl (C=O) groups excluding carboxylic acids is 1. The number of anilines is 1. The zero-order valence-corrected chi connectivity index (χ0v) is 17.6. The van der Waals surface area contributed by atoms with Crippen LogP contribution in [-0.2, 0) is 4.79 Å². The van der Waals surface area contributed by atoms with Crippen LogP contribution in [-0.4, -0.2) is 48.3 Å². The molecule has 1 N–H and O–H groups in total. The van der Waals surface area contributed by atoms with Crippen LogP contribution in [0.2, 0.25) is 0 Å². The van der Waals surface area contributed by atoms with Gasteiger partial charge in [0.25, 0.3) is 0 Å². The predicted octanol–water partition coefficient (Wildman–Crippen LogP) is 3.33. The highest BCUT2D eigenvalue weighted by Gasteiger charge is 2.12. The van der Waals surface area contributed by atoms with Crippen LogP contribution in [0, 0.1) is 0 Å². The molecule has 0 aliphatic heterocycles. The normalized spacial score (nSPS) is 11.2. The maximum Gasteiger partial charge on any atom is 0.234 e. The van der Waals surface area contributed by atoms with Crippen molar-refractivity contribution in [1.82, 2.24) is 29.5 Å². The van der Waals surface area contributed by atoms with Crippen molar-refractivity contribution in [1.29, 1.82) is 0 Å². The Kier molecular flexibility index (Phi) is 5.66. The Morgan fingerprint density at radius 1 is 1.23 bits per heavy atom. The molecule has 0 spiro atoms. The van der Waals surface area contributed by atoms with Crippen molar-refractivity contribution in [2.45, 2.75) is 25.0 Å². The summed E-state index contributed by atoms with van der Waals surface area (Å²) in [6.45, 7) is 4.09. The van der Waals surface area contributed by atoms with E-state index < -0.39 is 0 Å². The van der Waals surface area contributed by atoms with E-state index in [1.54, 1.807) is 25.8 Å². The van der Waals surface area contributed by atoms with Gasteiger partial charge in [-0.05, 0) is 44.2 Å². The van der Waals surface area contributed by atoms with Gasteiger partial charge in [-0.3, -0.25) is 9.36 Å². The Hall–Kier alpha value is -3.40. The Morgan fingerprint density at radius 3 is 2.77 bits per heavy atom. The second-order valence-electron chi connectivity index (χ2n) is 6.84. The average Bonchev–Trinajstić information content (AvgIpc) is 3.39. The van der Waals surface area contributed by atoms with E-state index in [1.807, 2.05) is 53.4 Å². The second kappa shape index (κ2) is 8.54. The molecule has 0 unspecified atom stereocenters. The van der Waals surface area contributed by atoms with Gasteiger partial charge in [0, 0.05) is 17.1 Å². The van der Waals surface area contributed by atoms with Gasteiger partial charge in [-0.25, -0.2) is 9.67 Å². The molecule has 0 radical (unpaired) electrons. The molecular formula is C20H21N7O2S. The first-order valence-electron chi connectivity index (χ1n) is 9.35. The van der Waals surface area contributed by atoms with Crippen LogP contribution in [0.3, 0.4) is 0 Å². The number of thioether (sulfide) groups is 1. The third-order valence-electron chi connectivity index (χ3n) is 4.41. The van der Waals surface area contributed by atoms with E-state index in [0.717, 1.165) is 22.5 Å². The lowest BCUT2D eigenvalue weighted by Crippen LogP contribution is -2.14. The average molecular weight is 424 g/mol. The van der Waals surface area contributed by atoms with E-state index in [0.29, 0.717) is 10.8 Å². The molecule has 0 aliphatic rings. The standard InChI is InChI=1S/C20H21N7O2S/c1-13(2)27-19-14(9-23-27)8-15(10-21-19)24-18(28)11-30-20-25-22-12-26(20)16-4-6-17(29-3)7-5-16/h4-10,12-13H,11H2,1-3H3,(H,24,28). The van der Waals surface area contributed by atoms with Gasteiger partial charge >= 0.3 is 0 Å². The molecular weight excluding hydrogens is 402 g/mol. The number of nitrogens with zero attached hydrogens (tertiary/aromatic N) is 6. The minimum atomic E-state index is -0.151. The fraction of sp³-hybridized carbons (Fsp3) is 0.250. The molecule has 1 amide bonds. The smallest absolute Gasteiger partial charge is 0.234 e. The number of hydrogen-bond acceptors (Lipinski definition) is 7. The van der Waals surface area contributed by atoms with Crippen molar-refractivity contribution in [3.05, 3.63) is 49.1 Å². The maximum atomic E-state index is 12.4. The molecule has 0 saturated carbocycles. The van der Waals surface area contributed by atoms with E-state index in [-0.39, 0.29) is 17.7 Å². The predicted molar refractivity (Wildman–Crippen MR) is 115 cm³/mol. The van der Waals surface area contributed by atoms with E-state index in [1.165, 1.54) is 11.8 Å². The van der Waals surface area contributed by atoms with Crippen molar-refractivity contribution in [2.75, 3.05) is 18.2 Å². The number of rotatable bonds is 7. The fourth-order valence-electron chi connectivity index (χ4n) is 2.96. The highest BCUT2D eigenvalue weighted by atomic mass is 32.2. The molecule has 0 aliphatic carbocycles. The van der Waals surface area contributed by atoms with E-state index >= 15 is 0 Å². The third kappa shape index (κ3) is 4.13. The number of amides is 1. The first-order chi connectivity index (χ1) is 14.5. The molecule has 9 nitrogen and oxygen atoms in total. The molecule has 1 aromatic carbocycles. The number of aromatic nitrogens is 6. The summed E-state index contributed by atoms with van der Waals surface area (Å²) in [7, 11) is 1.62. The molecule has 4 aromatic rings. The number of pyridine rings is 1. The Labute approximate surface area is 177 Å². The number of nitrogens with one attached hydrogen (secondary N) is 1. The summed E-state index contributed by atoms with van der Waals surface area (Å²) in [6, 6.07) is 9.63. The van der Waals surface area contributed by atoms with Crippen LogP contribution in [0.15, 0.2) is 54.2 Å². The first kappa shape index (κ1) is 19.9. The number of fused-ring (bicyclic) bond motifs is 1. The SMILES string of the molecule is COc1ccc(-n2cnnc2SCC(=O)Nc2cnc3c(cnn3C(C)C)c2)cc1. The summed E-state index contributed by atoms with van der Waals surface area (Å²) < 4.78 is 8.86. The van der Waals surface area contributed by atoms with E-state index in [4.69, 9.17) is 4.74 Å². The minimum absolute atomic E-state index is 0.151. The number of benzene rings is 1. The minimum Gasteiger partial charge on any atom is -0.497 e. The molecule has 4 rings (SSSR count). The molecule has 0 fully saturated rings. The lowest BCUT2D eigenvalue weighted by Gasteiger charge is -2.08. The van der Waals surface area contributed by atoms with Crippen LogP contribution in [0.1, 0.15) is 19.9 Å². The summed E-state index contributed by atoms with van der Waals surface area (Å²) in [5.41, 5.74) is 2.32. The number of ether oxygens (including phenoxy) is 1. The quantitative estimate of drug-likeness (QED) is 0.455. The third-order valence-corrected chi connectivity index (χ3v) is 5.35. The zero-order valence-electron chi connectivity index (χ0n) is 16.8. The first-order valence-corrected chi connectivity index (χ1v) is 10.3. The topological polar surface area (TPSA) is 99.8 Å². The second-order valence-corrected chi connectivity index (χ2v) is 7.78. The van der Waals surface area contributed by atoms with Crippen molar-refractivity contribution in [2.24, 2.45) is 0 Å². The van der Waals surface area contributed by atoms with Crippen molar-refractivity contribution < 1.29 is 9.53 Å². The summed E-state index contributed by atoms with van der Waals surface area (Å²) in [5, 5.41) is 16.8. The molecule has 10 heteroatoms. The van der Waals surface area contributed by atoms with Crippen LogP contribution in [0.25, 0.3) is 16.7 Å². The van der Waals surface area contributed by atoms with Crippen LogP contribution >= 0.6 is 11.8 Å². The van der Waals surface area contributed by atoms with Gasteiger partial charge in [0.1, 0.15) is 12.1 Å². The molecule has 30 heavy (non-hydrogen) atoms. The Balaban J connectivity index is 1.41. The summed E-state index contributed by atoms with van der Waals surface area (Å²) in [5.74, 6) is 0.810. The van der Waals surface area contributed by atoms with Gasteiger partial charge in [-0.2, -0.15) is 5.10 Å². The summed E-state index contributed by atoms with van der Waals surface area (Å²) in [4.78, 5) is 16.9. The maximum absolute atomic E-state index is 12.4. The van der Waals surface area contributed by atoms with Gasteiger partial charge in [-0.1, -0.05) is 11.8 Å². The highest BCUT2D eigenvalue weighted by Crippen LogP contribution is 2.22. The highest BCUT2D eigenvalue weighted by molar-refractivity contribution is 7.99. The number of hydrogen-bond donors (Lipinski definition) is 1. The van der Waals surface area contributed by atoms with E-state index in [2.05, 4.69) is 25.6 Å². The van der Waals surface area contributed by atoms with Crippen molar-refractivity contribution >= 4 is 34.4 Å². The van der Waals surface area contributed by atoms with Gasteiger partial charge < -0.3 is 10.1 Å². The summed E-state index contributed by atoms with van der Waals surface area (Å²) >= 11 is 1.31. The molecule has 0 bridgehead atoms. The Morgan fingerprint density at radius 2 is 2.03 bits per heavy atom. The van der Waals surface area contributed by atoms with Gasteiger partial charge in [-0.15, -0.1) is 10.2 Å². The van der Waals surface area contributed by atoms with Crippen LogP contribution in [0.5, 0.6) is 5.75 Å². The number of carbonyl (C=O) groups is 1. The molecule has 0 atom stereocenters. The van der Waals surface area contributed by atoms with Crippen LogP contribution < -0.4 is 10.1 Å². The fourth-order valence-corrected chi connectivity index (χ4v) is 3.69. The monoisotopic (exact) mass is 423 g/mol. The molecule has 0 saturated heterocycles. The van der Waals surface area contributed by atoms with Gasteiger partial charge in [0.05, 0.1) is 30.9 Å². The lowest BCUT2D eigenvalue weighted by atomic mass is 10.3. The zero-order chi connectivity index (χ0) is 21.1.